The fourth-order valence-electron chi connectivity index (χ4n) is 1.44. The predicted molar refractivity (Wildman–Crippen MR) is 59.3 cm³/mol. The highest BCUT2D eigenvalue weighted by Gasteiger charge is 2.15. The van der Waals surface area contributed by atoms with Gasteiger partial charge in [-0.2, -0.15) is 0 Å². The first kappa shape index (κ1) is 12.9. The predicted octanol–water partition coefficient (Wildman–Crippen LogP) is 1.19. The zero-order chi connectivity index (χ0) is 8.81. The van der Waals surface area contributed by atoms with E-state index in [1.807, 2.05) is 4.90 Å². The summed E-state index contributed by atoms with van der Waals surface area (Å²) in [5, 5.41) is 3.06. The second kappa shape index (κ2) is 7.33. The summed E-state index contributed by atoms with van der Waals surface area (Å²) in [4.78, 5) is 13.2. The molecule has 1 aliphatic rings. The van der Waals surface area contributed by atoms with Crippen LogP contribution in [0.15, 0.2) is 0 Å². The van der Waals surface area contributed by atoms with Crippen LogP contribution in [0.25, 0.3) is 0 Å². The second-order valence-electron chi connectivity index (χ2n) is 3.26. The minimum atomic E-state index is 0. The number of carbonyl (C=O) groups is 1. The maximum Gasteiger partial charge on any atom is 0.236 e. The molecule has 1 amide bonds. The minimum Gasteiger partial charge on any atom is -0.340 e. The van der Waals surface area contributed by atoms with Crippen LogP contribution >= 0.6 is 17.0 Å². The van der Waals surface area contributed by atoms with Gasteiger partial charge in [-0.3, -0.25) is 4.79 Å². The first-order valence-corrected chi connectivity index (χ1v) is 4.83. The van der Waals surface area contributed by atoms with Crippen molar-refractivity contribution in [3.05, 3.63) is 0 Å². The van der Waals surface area contributed by atoms with Gasteiger partial charge in [-0.05, 0) is 6.42 Å². The Morgan fingerprint density at radius 2 is 2.23 bits per heavy atom. The van der Waals surface area contributed by atoms with Crippen LogP contribution in [0.2, 0.25) is 0 Å². The molecule has 1 N–H and O–H groups in total. The number of piperazine rings is 1. The largest absolute Gasteiger partial charge is 0.340 e. The van der Waals surface area contributed by atoms with Gasteiger partial charge < -0.3 is 10.2 Å². The van der Waals surface area contributed by atoms with Crippen molar-refractivity contribution in [2.24, 2.45) is 0 Å². The highest BCUT2D eigenvalue weighted by atomic mass is 79.9. The molecule has 0 atom stereocenters. The average molecular weight is 251 g/mol. The van der Waals surface area contributed by atoms with Crippen molar-refractivity contribution in [3.63, 3.8) is 0 Å². The summed E-state index contributed by atoms with van der Waals surface area (Å²) in [6.07, 6.45) is 3.61. The lowest BCUT2D eigenvalue weighted by Gasteiger charge is -2.27. The molecular formula is C9H19BrN2O. The molecular weight excluding hydrogens is 232 g/mol. The third kappa shape index (κ3) is 4.62. The van der Waals surface area contributed by atoms with E-state index >= 15 is 0 Å². The Labute approximate surface area is 90.6 Å². The van der Waals surface area contributed by atoms with Gasteiger partial charge in [0.15, 0.2) is 0 Å². The molecule has 0 aromatic heterocycles. The Morgan fingerprint density at radius 1 is 1.46 bits per heavy atom. The van der Waals surface area contributed by atoms with Crippen LogP contribution in [0.1, 0.15) is 26.2 Å². The standard InChI is InChI=1S/C9H18N2O.BrH/c1-2-3-4-6-11-7-5-10-8-9(11)12;/h10H,2-8H2,1H3;1H. The van der Waals surface area contributed by atoms with E-state index in [4.69, 9.17) is 0 Å². The SMILES string of the molecule is Br.CCCCCN1CCNCC1=O. The number of rotatable bonds is 4. The molecule has 0 spiro atoms. The Kier molecular flexibility index (Phi) is 7.28. The van der Waals surface area contributed by atoms with Gasteiger partial charge in [0.05, 0.1) is 6.54 Å². The molecule has 0 radical (unpaired) electrons. The summed E-state index contributed by atoms with van der Waals surface area (Å²) in [7, 11) is 0. The minimum absolute atomic E-state index is 0. The van der Waals surface area contributed by atoms with E-state index in [0.29, 0.717) is 6.54 Å². The number of hydrogen-bond acceptors (Lipinski definition) is 2. The van der Waals surface area contributed by atoms with E-state index < -0.39 is 0 Å². The first-order valence-electron chi connectivity index (χ1n) is 4.83. The molecule has 1 saturated heterocycles. The molecule has 1 fully saturated rings. The molecule has 0 aromatic carbocycles. The lowest BCUT2D eigenvalue weighted by Crippen LogP contribution is -2.48. The van der Waals surface area contributed by atoms with Crippen molar-refractivity contribution >= 4 is 22.9 Å². The number of nitrogens with zero attached hydrogens (tertiary/aromatic N) is 1. The van der Waals surface area contributed by atoms with Crippen LogP contribution in [0.4, 0.5) is 0 Å². The van der Waals surface area contributed by atoms with Gasteiger partial charge >= 0.3 is 0 Å². The zero-order valence-electron chi connectivity index (χ0n) is 8.21. The molecule has 3 nitrogen and oxygen atoms in total. The normalized spacial score (nSPS) is 17.0. The van der Waals surface area contributed by atoms with Crippen molar-refractivity contribution in [3.8, 4) is 0 Å². The Morgan fingerprint density at radius 3 is 2.85 bits per heavy atom. The van der Waals surface area contributed by atoms with Crippen LogP contribution in [0, 0.1) is 0 Å². The third-order valence-corrected chi connectivity index (χ3v) is 2.22. The van der Waals surface area contributed by atoms with Crippen LogP contribution in [0.3, 0.4) is 0 Å². The van der Waals surface area contributed by atoms with Crippen LogP contribution in [-0.2, 0) is 4.79 Å². The number of carbonyl (C=O) groups excluding carboxylic acids is 1. The average Bonchev–Trinajstić information content (AvgIpc) is 2.09. The molecule has 0 saturated carbocycles. The van der Waals surface area contributed by atoms with Gasteiger partial charge in [-0.15, -0.1) is 17.0 Å². The van der Waals surface area contributed by atoms with Crippen LogP contribution < -0.4 is 5.32 Å². The number of amides is 1. The molecule has 1 aliphatic heterocycles. The molecule has 13 heavy (non-hydrogen) atoms. The summed E-state index contributed by atoms with van der Waals surface area (Å²) >= 11 is 0. The van der Waals surface area contributed by atoms with Gasteiger partial charge in [0.1, 0.15) is 0 Å². The zero-order valence-corrected chi connectivity index (χ0v) is 9.93. The lowest BCUT2D eigenvalue weighted by atomic mass is 10.2. The molecule has 0 aliphatic carbocycles. The second-order valence-corrected chi connectivity index (χ2v) is 3.26. The fourth-order valence-corrected chi connectivity index (χ4v) is 1.44. The van der Waals surface area contributed by atoms with Crippen molar-refractivity contribution in [1.29, 1.82) is 0 Å². The smallest absolute Gasteiger partial charge is 0.236 e. The van der Waals surface area contributed by atoms with Crippen LogP contribution in [0.5, 0.6) is 0 Å². The lowest BCUT2D eigenvalue weighted by molar-refractivity contribution is -0.131. The van der Waals surface area contributed by atoms with Gasteiger partial charge in [-0.1, -0.05) is 19.8 Å². The Hall–Kier alpha value is -0.0900. The fraction of sp³-hybridized carbons (Fsp3) is 0.889. The summed E-state index contributed by atoms with van der Waals surface area (Å²) in [5.74, 6) is 0.261. The van der Waals surface area contributed by atoms with Gasteiger partial charge in [0.2, 0.25) is 5.91 Å². The first-order chi connectivity index (χ1) is 5.84. The highest BCUT2D eigenvalue weighted by Crippen LogP contribution is 2.00. The monoisotopic (exact) mass is 250 g/mol. The molecule has 4 heteroatoms. The molecule has 0 unspecified atom stereocenters. The number of hydrogen-bond donors (Lipinski definition) is 1. The van der Waals surface area contributed by atoms with Crippen molar-refractivity contribution in [2.45, 2.75) is 26.2 Å². The van der Waals surface area contributed by atoms with Gasteiger partial charge in [-0.25, -0.2) is 0 Å². The number of nitrogens with one attached hydrogen (secondary N) is 1. The van der Waals surface area contributed by atoms with E-state index in [2.05, 4.69) is 12.2 Å². The third-order valence-electron chi connectivity index (χ3n) is 2.22. The van der Waals surface area contributed by atoms with Crippen molar-refractivity contribution in [2.75, 3.05) is 26.2 Å². The van der Waals surface area contributed by atoms with Crippen molar-refractivity contribution < 1.29 is 4.79 Å². The molecule has 0 bridgehead atoms. The summed E-state index contributed by atoms with van der Waals surface area (Å²) in [6, 6.07) is 0. The maximum atomic E-state index is 11.3. The molecule has 0 aromatic rings. The highest BCUT2D eigenvalue weighted by molar-refractivity contribution is 8.93. The molecule has 78 valence electrons. The van der Waals surface area contributed by atoms with Gasteiger partial charge in [0.25, 0.3) is 0 Å². The Balaban J connectivity index is 0.00000144. The molecule has 1 rings (SSSR count). The quantitative estimate of drug-likeness (QED) is 0.761. The summed E-state index contributed by atoms with van der Waals surface area (Å²) < 4.78 is 0. The van der Waals surface area contributed by atoms with E-state index in [1.165, 1.54) is 12.8 Å². The summed E-state index contributed by atoms with van der Waals surface area (Å²) in [5.41, 5.74) is 0. The van der Waals surface area contributed by atoms with E-state index in [9.17, 15) is 4.79 Å². The Bertz CT molecular complexity index is 153. The van der Waals surface area contributed by atoms with E-state index in [1.54, 1.807) is 0 Å². The number of unbranched alkanes of at least 4 members (excludes halogenated alkanes) is 2. The van der Waals surface area contributed by atoms with Crippen LogP contribution in [-0.4, -0.2) is 37.0 Å². The van der Waals surface area contributed by atoms with Gasteiger partial charge in [0, 0.05) is 19.6 Å². The van der Waals surface area contributed by atoms with E-state index in [-0.39, 0.29) is 22.9 Å². The topological polar surface area (TPSA) is 32.3 Å². The number of halogens is 1. The molecule has 1 heterocycles. The van der Waals surface area contributed by atoms with Crippen molar-refractivity contribution in [1.82, 2.24) is 10.2 Å². The maximum absolute atomic E-state index is 11.3. The van der Waals surface area contributed by atoms with E-state index in [0.717, 1.165) is 26.1 Å². The summed E-state index contributed by atoms with van der Waals surface area (Å²) in [6.45, 7) is 5.51.